The molecule has 0 unspecified atom stereocenters. The van der Waals surface area contributed by atoms with E-state index in [1.807, 2.05) is 24.3 Å². The number of benzene rings is 2. The lowest BCUT2D eigenvalue weighted by molar-refractivity contribution is 0.0932. The van der Waals surface area contributed by atoms with E-state index in [1.165, 1.54) is 4.57 Å². The Kier molecular flexibility index (Phi) is 4.61. The lowest BCUT2D eigenvalue weighted by atomic mass is 10.0. The molecule has 0 spiro atoms. The SMILES string of the molecule is Cn1c(=S)[nH]c2cc(C(=O)N[C@@H](c3ccc(Cl)cc3)C3CC3)ccc2c1=O. The fourth-order valence-corrected chi connectivity index (χ4v) is 3.56. The van der Waals surface area contributed by atoms with Gasteiger partial charge in [-0.2, -0.15) is 0 Å². The molecular formula is C20H18ClN3O2S. The maximum Gasteiger partial charge on any atom is 0.261 e. The predicted molar refractivity (Wildman–Crippen MR) is 109 cm³/mol. The number of carbonyl (C=O) groups is 1. The van der Waals surface area contributed by atoms with Crippen LogP contribution in [-0.4, -0.2) is 15.5 Å². The second-order valence-corrected chi connectivity index (χ2v) is 7.72. The van der Waals surface area contributed by atoms with Crippen LogP contribution in [0.1, 0.15) is 34.8 Å². The maximum atomic E-state index is 12.8. The summed E-state index contributed by atoms with van der Waals surface area (Å²) in [5, 5.41) is 4.30. The molecule has 1 aromatic heterocycles. The Balaban J connectivity index is 1.65. The highest BCUT2D eigenvalue weighted by molar-refractivity contribution is 7.71. The second-order valence-electron chi connectivity index (χ2n) is 6.89. The van der Waals surface area contributed by atoms with Crippen LogP contribution in [0.25, 0.3) is 10.9 Å². The summed E-state index contributed by atoms with van der Waals surface area (Å²) in [5.41, 5.74) is 1.91. The van der Waals surface area contributed by atoms with Gasteiger partial charge in [-0.25, -0.2) is 0 Å². The zero-order valence-electron chi connectivity index (χ0n) is 14.7. The van der Waals surface area contributed by atoms with Crippen LogP contribution < -0.4 is 10.9 Å². The molecule has 1 fully saturated rings. The fraction of sp³-hybridized carbons (Fsp3) is 0.250. The van der Waals surface area contributed by atoms with Crippen LogP contribution in [-0.2, 0) is 7.05 Å². The molecule has 1 amide bonds. The lowest BCUT2D eigenvalue weighted by Gasteiger charge is -2.19. The van der Waals surface area contributed by atoms with Crippen molar-refractivity contribution in [3.63, 3.8) is 0 Å². The molecule has 4 rings (SSSR count). The number of hydrogen-bond acceptors (Lipinski definition) is 3. The number of nitrogens with zero attached hydrogens (tertiary/aromatic N) is 1. The Labute approximate surface area is 166 Å². The topological polar surface area (TPSA) is 66.9 Å². The van der Waals surface area contributed by atoms with Crippen LogP contribution in [0.2, 0.25) is 5.02 Å². The van der Waals surface area contributed by atoms with Crippen LogP contribution in [0.3, 0.4) is 0 Å². The first-order valence-corrected chi connectivity index (χ1v) is 9.52. The minimum Gasteiger partial charge on any atom is -0.345 e. The summed E-state index contributed by atoms with van der Waals surface area (Å²) in [7, 11) is 1.62. The normalized spacial score (nSPS) is 14.9. The van der Waals surface area contributed by atoms with Gasteiger partial charge in [-0.05, 0) is 66.9 Å². The van der Waals surface area contributed by atoms with Crippen molar-refractivity contribution in [2.24, 2.45) is 13.0 Å². The average molecular weight is 400 g/mol. The Bertz CT molecular complexity index is 1150. The van der Waals surface area contributed by atoms with E-state index in [2.05, 4.69) is 10.3 Å². The Morgan fingerprint density at radius 2 is 1.96 bits per heavy atom. The molecule has 27 heavy (non-hydrogen) atoms. The third-order valence-electron chi connectivity index (χ3n) is 4.97. The van der Waals surface area contributed by atoms with Crippen LogP contribution in [0.4, 0.5) is 0 Å². The first-order chi connectivity index (χ1) is 12.9. The zero-order chi connectivity index (χ0) is 19.1. The number of amides is 1. The van der Waals surface area contributed by atoms with Gasteiger partial charge in [-0.15, -0.1) is 0 Å². The van der Waals surface area contributed by atoms with Crippen LogP contribution in [0.5, 0.6) is 0 Å². The van der Waals surface area contributed by atoms with Crippen molar-refractivity contribution in [3.05, 3.63) is 73.7 Å². The summed E-state index contributed by atoms with van der Waals surface area (Å²) >= 11 is 11.1. The minimum atomic E-state index is -0.183. The number of rotatable bonds is 4. The largest absolute Gasteiger partial charge is 0.345 e. The van der Waals surface area contributed by atoms with Gasteiger partial charge in [0.25, 0.3) is 11.5 Å². The van der Waals surface area contributed by atoms with Gasteiger partial charge in [0.15, 0.2) is 4.77 Å². The third-order valence-corrected chi connectivity index (χ3v) is 5.60. The quantitative estimate of drug-likeness (QED) is 0.648. The molecular weight excluding hydrogens is 382 g/mol. The molecule has 7 heteroatoms. The first-order valence-electron chi connectivity index (χ1n) is 8.73. The highest BCUT2D eigenvalue weighted by atomic mass is 35.5. The summed E-state index contributed by atoms with van der Waals surface area (Å²) in [6.07, 6.45) is 2.18. The van der Waals surface area contributed by atoms with Gasteiger partial charge >= 0.3 is 0 Å². The summed E-state index contributed by atoms with van der Waals surface area (Å²) in [6, 6.07) is 12.5. The molecule has 0 radical (unpaired) electrons. The van der Waals surface area contributed by atoms with E-state index in [4.69, 9.17) is 23.8 Å². The van der Waals surface area contributed by atoms with E-state index in [0.29, 0.717) is 32.2 Å². The van der Waals surface area contributed by atoms with Gasteiger partial charge in [0.05, 0.1) is 16.9 Å². The van der Waals surface area contributed by atoms with Crippen LogP contribution >= 0.6 is 23.8 Å². The number of fused-ring (bicyclic) bond motifs is 1. The van der Waals surface area contributed by atoms with Crippen molar-refractivity contribution in [1.82, 2.24) is 14.9 Å². The standard InChI is InChI=1S/C20H18ClN3O2S/c1-24-19(26)15-9-6-13(10-16(15)22-20(24)27)18(25)23-17(11-2-3-11)12-4-7-14(21)8-5-12/h4-11,17H,2-3H2,1H3,(H,22,27)(H,23,25)/t17-/m1/s1. The van der Waals surface area contributed by atoms with Gasteiger partial charge in [-0.3, -0.25) is 14.2 Å². The zero-order valence-corrected chi connectivity index (χ0v) is 16.2. The predicted octanol–water partition coefficient (Wildman–Crippen LogP) is 4.13. The van der Waals surface area contributed by atoms with Gasteiger partial charge in [0.2, 0.25) is 0 Å². The summed E-state index contributed by atoms with van der Waals surface area (Å²) in [4.78, 5) is 28.1. The van der Waals surface area contributed by atoms with Crippen molar-refractivity contribution in [2.45, 2.75) is 18.9 Å². The molecule has 5 nitrogen and oxygen atoms in total. The molecule has 2 aromatic carbocycles. The molecule has 1 saturated carbocycles. The monoisotopic (exact) mass is 399 g/mol. The van der Waals surface area contributed by atoms with Gasteiger partial charge in [0, 0.05) is 17.6 Å². The number of H-pyrrole nitrogens is 1. The molecule has 0 bridgehead atoms. The average Bonchev–Trinajstić information content (AvgIpc) is 3.49. The molecule has 1 heterocycles. The van der Waals surface area contributed by atoms with E-state index in [-0.39, 0.29) is 17.5 Å². The van der Waals surface area contributed by atoms with Crippen molar-refractivity contribution in [2.75, 3.05) is 0 Å². The first kappa shape index (κ1) is 17.9. The van der Waals surface area contributed by atoms with E-state index >= 15 is 0 Å². The summed E-state index contributed by atoms with van der Waals surface area (Å²) in [5.74, 6) is 0.262. The highest BCUT2D eigenvalue weighted by Gasteiger charge is 2.33. The van der Waals surface area contributed by atoms with E-state index in [9.17, 15) is 9.59 Å². The van der Waals surface area contributed by atoms with Gasteiger partial charge in [-0.1, -0.05) is 23.7 Å². The minimum absolute atomic E-state index is 0.0485. The Morgan fingerprint density at radius 3 is 2.63 bits per heavy atom. The van der Waals surface area contributed by atoms with E-state index in [0.717, 1.165) is 18.4 Å². The maximum absolute atomic E-state index is 12.8. The molecule has 138 valence electrons. The Hall–Kier alpha value is -2.44. The number of hydrogen-bond donors (Lipinski definition) is 2. The second kappa shape index (κ2) is 6.94. The summed E-state index contributed by atoms with van der Waals surface area (Å²) < 4.78 is 1.70. The number of aromatic amines is 1. The van der Waals surface area contributed by atoms with Crippen LogP contribution in [0, 0.1) is 10.7 Å². The summed E-state index contributed by atoms with van der Waals surface area (Å²) in [6.45, 7) is 0. The van der Waals surface area contributed by atoms with Crippen molar-refractivity contribution in [1.29, 1.82) is 0 Å². The molecule has 2 N–H and O–H groups in total. The number of aromatic nitrogens is 2. The van der Waals surface area contributed by atoms with Gasteiger partial charge in [0.1, 0.15) is 0 Å². The van der Waals surface area contributed by atoms with Crippen molar-refractivity contribution in [3.8, 4) is 0 Å². The van der Waals surface area contributed by atoms with Crippen molar-refractivity contribution >= 4 is 40.6 Å². The highest BCUT2D eigenvalue weighted by Crippen LogP contribution is 2.41. The van der Waals surface area contributed by atoms with Gasteiger partial charge < -0.3 is 10.3 Å². The smallest absolute Gasteiger partial charge is 0.261 e. The fourth-order valence-electron chi connectivity index (χ4n) is 3.24. The molecule has 1 atom stereocenters. The number of nitrogens with one attached hydrogen (secondary N) is 2. The van der Waals surface area contributed by atoms with E-state index in [1.54, 1.807) is 25.2 Å². The van der Waals surface area contributed by atoms with E-state index < -0.39 is 0 Å². The molecule has 1 aliphatic carbocycles. The molecule has 0 aliphatic heterocycles. The molecule has 3 aromatic rings. The third kappa shape index (κ3) is 3.55. The Morgan fingerprint density at radius 1 is 1.26 bits per heavy atom. The lowest BCUT2D eigenvalue weighted by Crippen LogP contribution is -2.30. The molecule has 1 aliphatic rings. The van der Waals surface area contributed by atoms with Crippen LogP contribution in [0.15, 0.2) is 47.3 Å². The number of halogens is 1. The van der Waals surface area contributed by atoms with Crippen molar-refractivity contribution < 1.29 is 4.79 Å². The number of carbonyl (C=O) groups excluding carboxylic acids is 1. The molecule has 0 saturated heterocycles.